The van der Waals surface area contributed by atoms with Gasteiger partial charge in [-0.3, -0.25) is 14.7 Å². The average molecular weight is 420 g/mol. The van der Waals surface area contributed by atoms with Crippen LogP contribution in [0.1, 0.15) is 36.7 Å². The van der Waals surface area contributed by atoms with E-state index in [1.807, 2.05) is 49.6 Å². The first-order valence-electron chi connectivity index (χ1n) is 10.9. The fraction of sp³-hybridized carbons (Fsp3) is 0.400. The first-order chi connectivity index (χ1) is 15.1. The van der Waals surface area contributed by atoms with E-state index in [9.17, 15) is 4.79 Å². The van der Waals surface area contributed by atoms with Gasteiger partial charge in [0.15, 0.2) is 0 Å². The Bertz CT molecular complexity index is 990. The summed E-state index contributed by atoms with van der Waals surface area (Å²) in [5.74, 6) is 0.595. The maximum atomic E-state index is 13.0. The minimum atomic E-state index is -0.575. The number of carbonyl (C=O) groups is 1. The number of esters is 1. The Morgan fingerprint density at radius 2 is 1.84 bits per heavy atom. The van der Waals surface area contributed by atoms with E-state index < -0.39 is 5.41 Å². The van der Waals surface area contributed by atoms with Gasteiger partial charge in [-0.2, -0.15) is 0 Å². The lowest BCUT2D eigenvalue weighted by molar-refractivity contribution is -0.159. The number of carbonyl (C=O) groups excluding carboxylic acids is 1. The summed E-state index contributed by atoms with van der Waals surface area (Å²) in [5.41, 5.74) is 3.67. The summed E-state index contributed by atoms with van der Waals surface area (Å²) in [7, 11) is 0. The molecule has 0 atom stereocenters. The molecule has 0 aliphatic carbocycles. The van der Waals surface area contributed by atoms with E-state index >= 15 is 0 Å². The third-order valence-electron chi connectivity index (χ3n) is 6.10. The molecule has 1 aromatic carbocycles. The molecule has 0 bridgehead atoms. The maximum Gasteiger partial charge on any atom is 0.312 e. The molecule has 0 spiro atoms. The van der Waals surface area contributed by atoms with Crippen molar-refractivity contribution in [3.05, 3.63) is 71.7 Å². The van der Waals surface area contributed by atoms with Crippen molar-refractivity contribution in [3.63, 3.8) is 0 Å². The predicted molar refractivity (Wildman–Crippen MR) is 118 cm³/mol. The largest absolute Gasteiger partial charge is 0.466 e. The van der Waals surface area contributed by atoms with E-state index in [1.54, 1.807) is 0 Å². The van der Waals surface area contributed by atoms with Crippen LogP contribution in [0.2, 0.25) is 0 Å². The first kappa shape index (κ1) is 21.2. The third kappa shape index (κ3) is 5.02. The zero-order valence-electron chi connectivity index (χ0n) is 18.2. The SMILES string of the molecule is CCOC(=O)C1(Cc2cc(-c3ccc(C)cc3)no2)CCN(Cc2ccncc2)CC1. The van der Waals surface area contributed by atoms with Gasteiger partial charge < -0.3 is 9.26 Å². The van der Waals surface area contributed by atoms with Gasteiger partial charge in [-0.05, 0) is 57.5 Å². The van der Waals surface area contributed by atoms with Crippen LogP contribution < -0.4 is 0 Å². The van der Waals surface area contributed by atoms with Crippen LogP contribution in [0.4, 0.5) is 0 Å². The minimum Gasteiger partial charge on any atom is -0.466 e. The summed E-state index contributed by atoms with van der Waals surface area (Å²) in [5, 5.41) is 4.25. The predicted octanol–water partition coefficient (Wildman–Crippen LogP) is 4.43. The van der Waals surface area contributed by atoms with Crippen molar-refractivity contribution in [3.8, 4) is 11.3 Å². The summed E-state index contributed by atoms with van der Waals surface area (Å²) >= 11 is 0. The molecule has 31 heavy (non-hydrogen) atoms. The summed E-state index contributed by atoms with van der Waals surface area (Å²) < 4.78 is 11.1. The smallest absolute Gasteiger partial charge is 0.312 e. The number of piperidine rings is 1. The molecule has 1 fully saturated rings. The molecule has 0 saturated carbocycles. The second-order valence-corrected chi connectivity index (χ2v) is 8.35. The molecule has 4 rings (SSSR count). The number of likely N-dealkylation sites (tertiary alicyclic amines) is 1. The number of hydrogen-bond donors (Lipinski definition) is 0. The molecular weight excluding hydrogens is 390 g/mol. The Balaban J connectivity index is 1.47. The highest BCUT2D eigenvalue weighted by molar-refractivity contribution is 5.77. The highest BCUT2D eigenvalue weighted by atomic mass is 16.5. The molecule has 1 aliphatic heterocycles. The van der Waals surface area contributed by atoms with Crippen molar-refractivity contribution in [1.82, 2.24) is 15.0 Å². The minimum absolute atomic E-state index is 0.133. The normalized spacial score (nSPS) is 16.2. The quantitative estimate of drug-likeness (QED) is 0.528. The third-order valence-corrected chi connectivity index (χ3v) is 6.10. The second-order valence-electron chi connectivity index (χ2n) is 8.35. The van der Waals surface area contributed by atoms with Gasteiger partial charge in [0.25, 0.3) is 0 Å². The zero-order chi connectivity index (χ0) is 21.7. The molecule has 1 saturated heterocycles. The summed E-state index contributed by atoms with van der Waals surface area (Å²) in [6, 6.07) is 14.2. The second kappa shape index (κ2) is 9.43. The number of hydrogen-bond acceptors (Lipinski definition) is 6. The van der Waals surface area contributed by atoms with Gasteiger partial charge in [0.05, 0.1) is 12.0 Å². The number of aromatic nitrogens is 2. The topological polar surface area (TPSA) is 68.5 Å². The van der Waals surface area contributed by atoms with Crippen molar-refractivity contribution in [1.29, 1.82) is 0 Å². The summed E-state index contributed by atoms with van der Waals surface area (Å²) in [6.45, 7) is 6.82. The Kier molecular flexibility index (Phi) is 6.47. The van der Waals surface area contributed by atoms with Crippen LogP contribution in [0.3, 0.4) is 0 Å². The van der Waals surface area contributed by atoms with E-state index in [2.05, 4.69) is 34.1 Å². The number of rotatable bonds is 7. The van der Waals surface area contributed by atoms with Crippen molar-refractivity contribution in [2.24, 2.45) is 5.41 Å². The first-order valence-corrected chi connectivity index (χ1v) is 10.9. The van der Waals surface area contributed by atoms with Gasteiger partial charge >= 0.3 is 5.97 Å². The van der Waals surface area contributed by atoms with Gasteiger partial charge in [0, 0.05) is 37.0 Å². The standard InChI is InChI=1S/C25H29N3O3/c1-3-30-24(29)25(10-14-28(15-11-25)18-20-8-12-26-13-9-20)17-22-16-23(27-31-22)21-6-4-19(2)5-7-21/h4-9,12-13,16H,3,10-11,14-15,17-18H2,1-2H3. The molecule has 1 aliphatic rings. The number of pyridine rings is 1. The zero-order valence-corrected chi connectivity index (χ0v) is 18.2. The van der Waals surface area contributed by atoms with Crippen molar-refractivity contribution in [2.75, 3.05) is 19.7 Å². The number of aryl methyl sites for hydroxylation is 1. The Morgan fingerprint density at radius 1 is 1.13 bits per heavy atom. The number of benzene rings is 1. The molecule has 162 valence electrons. The van der Waals surface area contributed by atoms with Crippen LogP contribution >= 0.6 is 0 Å². The highest BCUT2D eigenvalue weighted by Gasteiger charge is 2.43. The monoisotopic (exact) mass is 419 g/mol. The van der Waals surface area contributed by atoms with E-state index in [0.29, 0.717) is 13.0 Å². The fourth-order valence-corrected chi connectivity index (χ4v) is 4.21. The maximum absolute atomic E-state index is 13.0. The Labute approximate surface area is 183 Å². The molecule has 0 unspecified atom stereocenters. The molecule has 0 amide bonds. The molecule has 6 nitrogen and oxygen atoms in total. The van der Waals surface area contributed by atoms with Crippen LogP contribution in [0.5, 0.6) is 0 Å². The lowest BCUT2D eigenvalue weighted by Crippen LogP contribution is -2.46. The lowest BCUT2D eigenvalue weighted by atomic mass is 9.74. The van der Waals surface area contributed by atoms with Crippen LogP contribution in [-0.2, 0) is 22.5 Å². The van der Waals surface area contributed by atoms with Gasteiger partial charge in [0.2, 0.25) is 0 Å². The molecule has 0 radical (unpaired) electrons. The summed E-state index contributed by atoms with van der Waals surface area (Å²) in [6.07, 6.45) is 5.61. The molecule has 6 heteroatoms. The molecule has 2 aromatic heterocycles. The lowest BCUT2D eigenvalue weighted by Gasteiger charge is -2.39. The van der Waals surface area contributed by atoms with Crippen LogP contribution in [-0.4, -0.2) is 40.7 Å². The molecule has 3 aromatic rings. The average Bonchev–Trinajstić information content (AvgIpc) is 3.25. The fourth-order valence-electron chi connectivity index (χ4n) is 4.21. The Hall–Kier alpha value is -2.99. The van der Waals surface area contributed by atoms with Gasteiger partial charge in [-0.25, -0.2) is 0 Å². The summed E-state index contributed by atoms with van der Waals surface area (Å²) in [4.78, 5) is 19.5. The van der Waals surface area contributed by atoms with E-state index in [0.717, 1.165) is 49.5 Å². The number of ether oxygens (including phenoxy) is 1. The van der Waals surface area contributed by atoms with Crippen LogP contribution in [0, 0.1) is 12.3 Å². The van der Waals surface area contributed by atoms with Gasteiger partial charge in [-0.15, -0.1) is 0 Å². The van der Waals surface area contributed by atoms with E-state index in [1.165, 1.54) is 11.1 Å². The Morgan fingerprint density at radius 3 is 2.52 bits per heavy atom. The van der Waals surface area contributed by atoms with E-state index in [-0.39, 0.29) is 5.97 Å². The van der Waals surface area contributed by atoms with Crippen molar-refractivity contribution < 1.29 is 14.1 Å². The highest BCUT2D eigenvalue weighted by Crippen LogP contribution is 2.38. The molecular formula is C25H29N3O3. The molecule has 0 N–H and O–H groups in total. The van der Waals surface area contributed by atoms with Gasteiger partial charge in [0.1, 0.15) is 11.5 Å². The van der Waals surface area contributed by atoms with E-state index in [4.69, 9.17) is 9.26 Å². The van der Waals surface area contributed by atoms with Crippen LogP contribution in [0.25, 0.3) is 11.3 Å². The van der Waals surface area contributed by atoms with Crippen molar-refractivity contribution >= 4 is 5.97 Å². The molecule has 3 heterocycles. The van der Waals surface area contributed by atoms with Gasteiger partial charge in [-0.1, -0.05) is 35.0 Å². The van der Waals surface area contributed by atoms with Crippen molar-refractivity contribution in [2.45, 2.75) is 39.7 Å². The number of nitrogens with zero attached hydrogens (tertiary/aromatic N) is 3. The van der Waals surface area contributed by atoms with Crippen LogP contribution in [0.15, 0.2) is 59.4 Å².